The van der Waals surface area contributed by atoms with E-state index in [2.05, 4.69) is 5.32 Å². The Morgan fingerprint density at radius 2 is 2.18 bits per heavy atom. The summed E-state index contributed by atoms with van der Waals surface area (Å²) in [6.07, 6.45) is 0.665. The maximum Gasteiger partial charge on any atom is 0.246 e. The van der Waals surface area contributed by atoms with Crippen molar-refractivity contribution in [1.29, 1.82) is 0 Å². The van der Waals surface area contributed by atoms with Crippen molar-refractivity contribution in [2.75, 3.05) is 6.61 Å². The first kappa shape index (κ1) is 10.1. The number of aliphatic hydroxyl groups is 1. The molecule has 0 spiro atoms. The van der Waals surface area contributed by atoms with E-state index in [0.29, 0.717) is 6.29 Å². The molecule has 0 aliphatic rings. The summed E-state index contributed by atoms with van der Waals surface area (Å²) in [6.45, 7) is 3.06. The number of hydrogen-bond acceptors (Lipinski definition) is 3. The molecule has 0 aromatic heterocycles. The third-order valence-corrected chi connectivity index (χ3v) is 1.34. The Morgan fingerprint density at radius 1 is 1.64 bits per heavy atom. The highest BCUT2D eigenvalue weighted by Crippen LogP contribution is 1.97. The number of carbonyl (C=O) groups excluding carboxylic acids is 2. The molecule has 11 heavy (non-hydrogen) atoms. The SMILES string of the molecule is CC(C)C(C=O)NC(=O)CO. The Hall–Kier alpha value is -0.900. The predicted octanol–water partition coefficient (Wildman–Crippen LogP) is -0.682. The van der Waals surface area contributed by atoms with Crippen molar-refractivity contribution < 1.29 is 14.7 Å². The zero-order chi connectivity index (χ0) is 8.85. The van der Waals surface area contributed by atoms with Gasteiger partial charge in [0.15, 0.2) is 0 Å². The van der Waals surface area contributed by atoms with E-state index in [1.54, 1.807) is 0 Å². The highest BCUT2D eigenvalue weighted by atomic mass is 16.3. The van der Waals surface area contributed by atoms with Gasteiger partial charge in [0.05, 0.1) is 6.04 Å². The fourth-order valence-electron chi connectivity index (χ4n) is 0.589. The molecule has 0 radical (unpaired) electrons. The van der Waals surface area contributed by atoms with E-state index in [1.165, 1.54) is 0 Å². The Kier molecular flexibility index (Phi) is 4.45. The van der Waals surface area contributed by atoms with Crippen molar-refractivity contribution in [3.05, 3.63) is 0 Å². The molecule has 4 nitrogen and oxygen atoms in total. The standard InChI is InChI=1S/C7H13NO3/c1-5(2)6(3-9)8-7(11)4-10/h3,5-6,10H,4H2,1-2H3,(H,8,11). The first-order valence-electron chi connectivity index (χ1n) is 3.47. The van der Waals surface area contributed by atoms with Gasteiger partial charge in [-0.15, -0.1) is 0 Å². The van der Waals surface area contributed by atoms with E-state index in [4.69, 9.17) is 5.11 Å². The van der Waals surface area contributed by atoms with E-state index in [1.807, 2.05) is 13.8 Å². The molecule has 2 N–H and O–H groups in total. The summed E-state index contributed by atoms with van der Waals surface area (Å²) in [5.41, 5.74) is 0. The zero-order valence-corrected chi connectivity index (χ0v) is 6.70. The Labute approximate surface area is 65.6 Å². The highest BCUT2D eigenvalue weighted by Gasteiger charge is 2.13. The first-order valence-corrected chi connectivity index (χ1v) is 3.47. The quantitative estimate of drug-likeness (QED) is 0.534. The largest absolute Gasteiger partial charge is 0.387 e. The van der Waals surface area contributed by atoms with Gasteiger partial charge in [-0.2, -0.15) is 0 Å². The molecule has 0 rings (SSSR count). The normalized spacial score (nSPS) is 12.7. The lowest BCUT2D eigenvalue weighted by Gasteiger charge is -2.14. The lowest BCUT2D eigenvalue weighted by atomic mass is 10.1. The molecular formula is C7H13NO3. The molecule has 0 aliphatic carbocycles. The van der Waals surface area contributed by atoms with Crippen LogP contribution in [0.4, 0.5) is 0 Å². The second-order valence-electron chi connectivity index (χ2n) is 2.63. The molecule has 0 saturated heterocycles. The molecule has 64 valence electrons. The molecule has 0 saturated carbocycles. The van der Waals surface area contributed by atoms with Crippen LogP contribution in [0.25, 0.3) is 0 Å². The van der Waals surface area contributed by atoms with Crippen LogP contribution in [0.3, 0.4) is 0 Å². The van der Waals surface area contributed by atoms with E-state index in [-0.39, 0.29) is 5.92 Å². The average molecular weight is 159 g/mol. The second-order valence-corrected chi connectivity index (χ2v) is 2.63. The number of amides is 1. The monoisotopic (exact) mass is 159 g/mol. The highest BCUT2D eigenvalue weighted by molar-refractivity contribution is 5.80. The summed E-state index contributed by atoms with van der Waals surface area (Å²) < 4.78 is 0. The van der Waals surface area contributed by atoms with E-state index in [0.717, 1.165) is 0 Å². The van der Waals surface area contributed by atoms with Crippen LogP contribution in [0.1, 0.15) is 13.8 Å². The number of hydrogen-bond donors (Lipinski definition) is 2. The van der Waals surface area contributed by atoms with Gasteiger partial charge in [0, 0.05) is 0 Å². The van der Waals surface area contributed by atoms with Gasteiger partial charge < -0.3 is 15.2 Å². The number of aldehydes is 1. The van der Waals surface area contributed by atoms with E-state index in [9.17, 15) is 9.59 Å². The molecular weight excluding hydrogens is 146 g/mol. The van der Waals surface area contributed by atoms with Crippen molar-refractivity contribution in [1.82, 2.24) is 5.32 Å². The fourth-order valence-corrected chi connectivity index (χ4v) is 0.589. The number of aliphatic hydroxyl groups excluding tert-OH is 1. The van der Waals surface area contributed by atoms with Crippen LogP contribution in [0.5, 0.6) is 0 Å². The molecule has 0 heterocycles. The third-order valence-electron chi connectivity index (χ3n) is 1.34. The van der Waals surface area contributed by atoms with Crippen molar-refractivity contribution in [2.45, 2.75) is 19.9 Å². The maximum absolute atomic E-state index is 10.6. The van der Waals surface area contributed by atoms with Crippen molar-refractivity contribution in [3.63, 3.8) is 0 Å². The summed E-state index contributed by atoms with van der Waals surface area (Å²) in [5.74, 6) is -0.459. The molecule has 0 aromatic rings. The summed E-state index contributed by atoms with van der Waals surface area (Å²) in [6, 6.07) is -0.491. The maximum atomic E-state index is 10.6. The second kappa shape index (κ2) is 4.85. The minimum Gasteiger partial charge on any atom is -0.387 e. The van der Waals surface area contributed by atoms with Crippen LogP contribution in [-0.4, -0.2) is 29.9 Å². The molecule has 0 bridgehead atoms. The minimum atomic E-state index is -0.572. The lowest BCUT2D eigenvalue weighted by Crippen LogP contribution is -2.41. The van der Waals surface area contributed by atoms with Crippen LogP contribution in [0.15, 0.2) is 0 Å². The molecule has 4 heteroatoms. The van der Waals surface area contributed by atoms with Crippen LogP contribution in [0.2, 0.25) is 0 Å². The van der Waals surface area contributed by atoms with Crippen LogP contribution < -0.4 is 5.32 Å². The van der Waals surface area contributed by atoms with Crippen LogP contribution in [-0.2, 0) is 9.59 Å². The number of rotatable bonds is 4. The van der Waals surface area contributed by atoms with Crippen molar-refractivity contribution in [3.8, 4) is 0 Å². The molecule has 1 amide bonds. The van der Waals surface area contributed by atoms with Gasteiger partial charge in [0.25, 0.3) is 0 Å². The van der Waals surface area contributed by atoms with Gasteiger partial charge >= 0.3 is 0 Å². The third kappa shape index (κ3) is 3.72. The number of carbonyl (C=O) groups is 2. The summed E-state index contributed by atoms with van der Waals surface area (Å²) in [5, 5.41) is 10.7. The van der Waals surface area contributed by atoms with Crippen LogP contribution >= 0.6 is 0 Å². The zero-order valence-electron chi connectivity index (χ0n) is 6.70. The van der Waals surface area contributed by atoms with Crippen molar-refractivity contribution in [2.24, 2.45) is 5.92 Å². The fraction of sp³-hybridized carbons (Fsp3) is 0.714. The minimum absolute atomic E-state index is 0.0583. The van der Waals surface area contributed by atoms with E-state index >= 15 is 0 Å². The first-order chi connectivity index (χ1) is 5.11. The molecule has 0 aliphatic heterocycles. The average Bonchev–Trinajstić information content (AvgIpc) is 1.99. The van der Waals surface area contributed by atoms with Gasteiger partial charge in [-0.25, -0.2) is 0 Å². The van der Waals surface area contributed by atoms with E-state index < -0.39 is 18.6 Å². The molecule has 0 fully saturated rings. The van der Waals surface area contributed by atoms with Gasteiger partial charge in [-0.3, -0.25) is 4.79 Å². The Morgan fingerprint density at radius 3 is 2.45 bits per heavy atom. The topological polar surface area (TPSA) is 66.4 Å². The van der Waals surface area contributed by atoms with Gasteiger partial charge in [0.1, 0.15) is 12.9 Å². The summed E-state index contributed by atoms with van der Waals surface area (Å²) in [4.78, 5) is 20.9. The smallest absolute Gasteiger partial charge is 0.246 e. The van der Waals surface area contributed by atoms with Gasteiger partial charge in [-0.1, -0.05) is 13.8 Å². The number of nitrogens with one attached hydrogen (secondary N) is 1. The van der Waals surface area contributed by atoms with Crippen LogP contribution in [0, 0.1) is 5.92 Å². The van der Waals surface area contributed by atoms with Gasteiger partial charge in [-0.05, 0) is 5.92 Å². The summed E-state index contributed by atoms with van der Waals surface area (Å²) in [7, 11) is 0. The Balaban J connectivity index is 3.87. The molecule has 1 atom stereocenters. The molecule has 0 aromatic carbocycles. The lowest BCUT2D eigenvalue weighted by molar-refractivity contribution is -0.126. The predicted molar refractivity (Wildman–Crippen MR) is 39.9 cm³/mol. The molecule has 1 unspecified atom stereocenters. The van der Waals surface area contributed by atoms with Gasteiger partial charge in [0.2, 0.25) is 5.91 Å². The van der Waals surface area contributed by atoms with Crippen molar-refractivity contribution >= 4 is 12.2 Å². The summed E-state index contributed by atoms with van der Waals surface area (Å²) >= 11 is 0. The Bertz CT molecular complexity index is 145.